The zero-order chi connectivity index (χ0) is 13.1. The van der Waals surface area contributed by atoms with Crippen molar-refractivity contribution in [3.05, 3.63) is 12.2 Å². The van der Waals surface area contributed by atoms with Gasteiger partial charge in [0.2, 0.25) is 5.41 Å². The van der Waals surface area contributed by atoms with Gasteiger partial charge in [-0.3, -0.25) is 4.79 Å². The number of halogens is 5. The van der Waals surface area contributed by atoms with E-state index in [1.807, 2.05) is 0 Å². The summed E-state index contributed by atoms with van der Waals surface area (Å²) >= 11 is 0. The third-order valence-corrected chi connectivity index (χ3v) is 3.59. The molecule has 2 aliphatic rings. The number of carbonyl (C=O) groups excluding carboxylic acids is 1. The average molecular weight is 256 g/mol. The van der Waals surface area contributed by atoms with Gasteiger partial charge in [-0.1, -0.05) is 12.2 Å². The molecule has 0 heterocycles. The highest BCUT2D eigenvalue weighted by Gasteiger charge is 2.83. The SMILES string of the molecule is COC(=O)C1(C(F)(F)F)C2C=CC(C2)C1(F)F. The van der Waals surface area contributed by atoms with Gasteiger partial charge in [-0.2, -0.15) is 13.2 Å². The lowest BCUT2D eigenvalue weighted by Gasteiger charge is -2.39. The molecule has 0 N–H and O–H groups in total. The second-order valence-corrected chi connectivity index (χ2v) is 4.25. The molecule has 1 fully saturated rings. The number of alkyl halides is 5. The maximum absolute atomic E-state index is 13.8. The van der Waals surface area contributed by atoms with Crippen molar-refractivity contribution < 1.29 is 31.5 Å². The fourth-order valence-corrected chi connectivity index (χ4v) is 2.79. The lowest BCUT2D eigenvalue weighted by molar-refractivity contribution is -0.298. The molecule has 0 radical (unpaired) electrons. The van der Waals surface area contributed by atoms with Crippen LogP contribution in [0.2, 0.25) is 0 Å². The van der Waals surface area contributed by atoms with Crippen molar-refractivity contribution in [3.8, 4) is 0 Å². The van der Waals surface area contributed by atoms with Crippen molar-refractivity contribution in [2.24, 2.45) is 17.3 Å². The summed E-state index contributed by atoms with van der Waals surface area (Å²) in [5.41, 5.74) is -3.73. The highest BCUT2D eigenvalue weighted by Crippen LogP contribution is 2.67. The summed E-state index contributed by atoms with van der Waals surface area (Å²) in [6.07, 6.45) is -3.64. The van der Waals surface area contributed by atoms with Crippen LogP contribution < -0.4 is 0 Å². The Bertz CT molecular complexity index is 387. The Morgan fingerprint density at radius 1 is 1.29 bits per heavy atom. The molecular weight excluding hydrogens is 247 g/mol. The largest absolute Gasteiger partial charge is 0.468 e. The van der Waals surface area contributed by atoms with Gasteiger partial charge in [0.15, 0.2) is 0 Å². The van der Waals surface area contributed by atoms with E-state index < -0.39 is 35.3 Å². The van der Waals surface area contributed by atoms with E-state index in [9.17, 15) is 26.7 Å². The van der Waals surface area contributed by atoms with Crippen LogP contribution in [0, 0.1) is 17.3 Å². The summed E-state index contributed by atoms with van der Waals surface area (Å²) in [6.45, 7) is 0. The Balaban J connectivity index is 2.64. The third-order valence-electron chi connectivity index (χ3n) is 3.59. The normalized spacial score (nSPS) is 38.5. The van der Waals surface area contributed by atoms with E-state index >= 15 is 0 Å². The van der Waals surface area contributed by atoms with E-state index in [0.29, 0.717) is 7.11 Å². The van der Waals surface area contributed by atoms with E-state index in [1.165, 1.54) is 0 Å². The highest BCUT2D eigenvalue weighted by molar-refractivity contribution is 5.81. The lowest BCUT2D eigenvalue weighted by Crippen LogP contribution is -2.60. The van der Waals surface area contributed by atoms with Crippen LogP contribution in [0.25, 0.3) is 0 Å². The van der Waals surface area contributed by atoms with Crippen molar-refractivity contribution in [2.75, 3.05) is 7.11 Å². The Hall–Kier alpha value is -1.14. The van der Waals surface area contributed by atoms with Crippen LogP contribution in [0.15, 0.2) is 12.2 Å². The number of fused-ring (bicyclic) bond motifs is 2. The van der Waals surface area contributed by atoms with Gasteiger partial charge in [0, 0.05) is 11.8 Å². The average Bonchev–Trinajstić information content (AvgIpc) is 2.72. The minimum atomic E-state index is -5.34. The molecule has 0 aromatic carbocycles. The molecule has 0 saturated heterocycles. The topological polar surface area (TPSA) is 26.3 Å². The standard InChI is InChI=1S/C10H9F5O2/c1-17-7(16)8(10(13,14)15)5-2-3-6(4-5)9(8,11)12/h2-3,5-6H,4H2,1H3. The Kier molecular flexibility index (Phi) is 2.32. The number of allylic oxidation sites excluding steroid dienone is 2. The van der Waals surface area contributed by atoms with Gasteiger partial charge in [-0.25, -0.2) is 8.78 Å². The first-order valence-electron chi connectivity index (χ1n) is 4.91. The van der Waals surface area contributed by atoms with Gasteiger partial charge in [0.05, 0.1) is 7.11 Å². The van der Waals surface area contributed by atoms with Crippen LogP contribution in [0.1, 0.15) is 6.42 Å². The van der Waals surface area contributed by atoms with Crippen molar-refractivity contribution in [3.63, 3.8) is 0 Å². The van der Waals surface area contributed by atoms with Crippen molar-refractivity contribution in [1.82, 2.24) is 0 Å². The molecule has 2 aliphatic carbocycles. The van der Waals surface area contributed by atoms with Gasteiger partial charge in [-0.15, -0.1) is 0 Å². The summed E-state index contributed by atoms with van der Waals surface area (Å²) in [7, 11) is 0.682. The van der Waals surface area contributed by atoms with Gasteiger partial charge in [0.1, 0.15) is 0 Å². The van der Waals surface area contributed by atoms with Crippen molar-refractivity contribution >= 4 is 5.97 Å². The predicted octanol–water partition coefficient (Wildman–Crippen LogP) is 2.55. The predicted molar refractivity (Wildman–Crippen MR) is 46.2 cm³/mol. The van der Waals surface area contributed by atoms with E-state index in [-0.39, 0.29) is 6.42 Å². The molecule has 0 spiro atoms. The van der Waals surface area contributed by atoms with Crippen LogP contribution in [0.4, 0.5) is 22.0 Å². The molecule has 2 rings (SSSR count). The quantitative estimate of drug-likeness (QED) is 0.409. The fraction of sp³-hybridized carbons (Fsp3) is 0.700. The van der Waals surface area contributed by atoms with Gasteiger partial charge >= 0.3 is 12.1 Å². The third kappa shape index (κ3) is 1.17. The number of hydrogen-bond acceptors (Lipinski definition) is 2. The molecule has 17 heavy (non-hydrogen) atoms. The maximum atomic E-state index is 13.8. The molecule has 0 amide bonds. The van der Waals surface area contributed by atoms with E-state index in [1.54, 1.807) is 0 Å². The number of esters is 1. The molecule has 7 heteroatoms. The molecule has 1 saturated carbocycles. The smallest absolute Gasteiger partial charge is 0.411 e. The summed E-state index contributed by atoms with van der Waals surface area (Å²) in [5.74, 6) is -9.16. The van der Waals surface area contributed by atoms with Crippen molar-refractivity contribution in [1.29, 1.82) is 0 Å². The number of rotatable bonds is 1. The minimum Gasteiger partial charge on any atom is -0.468 e. The zero-order valence-corrected chi connectivity index (χ0v) is 8.72. The molecular formula is C10H9F5O2. The van der Waals surface area contributed by atoms with Gasteiger partial charge in [-0.05, 0) is 6.42 Å². The van der Waals surface area contributed by atoms with Crippen LogP contribution in [0.3, 0.4) is 0 Å². The van der Waals surface area contributed by atoms with E-state index in [2.05, 4.69) is 4.74 Å². The molecule has 0 aliphatic heterocycles. The van der Waals surface area contributed by atoms with E-state index in [4.69, 9.17) is 0 Å². The first-order chi connectivity index (χ1) is 7.69. The van der Waals surface area contributed by atoms with Crippen LogP contribution in [-0.2, 0) is 9.53 Å². The number of methoxy groups -OCH3 is 1. The molecule has 0 aromatic heterocycles. The first-order valence-corrected chi connectivity index (χ1v) is 4.91. The van der Waals surface area contributed by atoms with Gasteiger partial charge < -0.3 is 4.74 Å². The summed E-state index contributed by atoms with van der Waals surface area (Å²) in [5, 5.41) is 0. The number of ether oxygens (including phenoxy) is 1. The van der Waals surface area contributed by atoms with Crippen molar-refractivity contribution in [2.45, 2.75) is 18.5 Å². The molecule has 0 aromatic rings. The van der Waals surface area contributed by atoms with Crippen LogP contribution >= 0.6 is 0 Å². The Morgan fingerprint density at radius 3 is 2.18 bits per heavy atom. The number of carbonyl (C=O) groups is 1. The summed E-state index contributed by atoms with van der Waals surface area (Å²) in [6, 6.07) is 0. The monoisotopic (exact) mass is 256 g/mol. The molecule has 3 atom stereocenters. The van der Waals surface area contributed by atoms with E-state index in [0.717, 1.165) is 12.2 Å². The molecule has 2 bridgehead atoms. The second kappa shape index (κ2) is 3.20. The Labute approximate surface area is 93.4 Å². The van der Waals surface area contributed by atoms with Crippen LogP contribution in [-0.4, -0.2) is 25.2 Å². The summed E-state index contributed by atoms with van der Waals surface area (Å²) < 4.78 is 70.6. The zero-order valence-electron chi connectivity index (χ0n) is 8.72. The highest BCUT2D eigenvalue weighted by atomic mass is 19.4. The maximum Gasteiger partial charge on any atom is 0.411 e. The summed E-state index contributed by atoms with van der Waals surface area (Å²) in [4.78, 5) is 11.3. The molecule has 96 valence electrons. The second-order valence-electron chi connectivity index (χ2n) is 4.25. The minimum absolute atomic E-state index is 0.373. The molecule has 3 unspecified atom stereocenters. The Morgan fingerprint density at radius 2 is 1.82 bits per heavy atom. The lowest BCUT2D eigenvalue weighted by atomic mass is 9.72. The molecule has 2 nitrogen and oxygen atoms in total. The fourth-order valence-electron chi connectivity index (χ4n) is 2.79. The first kappa shape index (κ1) is 12.3. The van der Waals surface area contributed by atoms with Crippen LogP contribution in [0.5, 0.6) is 0 Å². The van der Waals surface area contributed by atoms with Gasteiger partial charge in [0.25, 0.3) is 5.92 Å². The number of hydrogen-bond donors (Lipinski definition) is 0.